The van der Waals surface area contributed by atoms with E-state index >= 15 is 0 Å². The highest BCUT2D eigenvalue weighted by Gasteiger charge is 2.12. The largest absolute Gasteiger partial charge is 0.452 e. The smallest absolute Gasteiger partial charge is 0.203 e. The van der Waals surface area contributed by atoms with E-state index in [0.29, 0.717) is 22.5 Å². The summed E-state index contributed by atoms with van der Waals surface area (Å²) in [7, 11) is 0. The Bertz CT molecular complexity index is 736. The number of halogens is 1. The van der Waals surface area contributed by atoms with Crippen LogP contribution >= 0.6 is 11.6 Å². The van der Waals surface area contributed by atoms with Crippen molar-refractivity contribution in [3.05, 3.63) is 41.3 Å². The Morgan fingerprint density at radius 2 is 2.24 bits per heavy atom. The molecule has 2 heterocycles. The van der Waals surface area contributed by atoms with Crippen LogP contribution in [0.2, 0.25) is 5.22 Å². The van der Waals surface area contributed by atoms with Gasteiger partial charge in [0.05, 0.1) is 22.9 Å². The van der Waals surface area contributed by atoms with Crippen LogP contribution in [0.15, 0.2) is 34.9 Å². The van der Waals surface area contributed by atoms with E-state index in [-0.39, 0.29) is 5.22 Å². The zero-order valence-electron chi connectivity index (χ0n) is 8.57. The Morgan fingerprint density at radius 1 is 1.35 bits per heavy atom. The van der Waals surface area contributed by atoms with Crippen molar-refractivity contribution in [1.82, 2.24) is 9.97 Å². The maximum atomic E-state index is 8.98. The predicted octanol–water partition coefficient (Wildman–Crippen LogP) is 3.35. The van der Waals surface area contributed by atoms with E-state index in [2.05, 4.69) is 16.0 Å². The summed E-state index contributed by atoms with van der Waals surface area (Å²) in [6.07, 6.45) is 1.50. The summed E-state index contributed by atoms with van der Waals surface area (Å²) in [6, 6.07) is 9.23. The molecule has 0 aliphatic rings. The lowest BCUT2D eigenvalue weighted by Crippen LogP contribution is -1.77. The first-order chi connectivity index (χ1) is 8.29. The molecule has 0 spiro atoms. The quantitative estimate of drug-likeness (QED) is 0.713. The van der Waals surface area contributed by atoms with Crippen molar-refractivity contribution in [2.75, 3.05) is 0 Å². The standard InChI is InChI=1S/C12H6ClN3O/c13-11-8(4-5-17-11)12-15-9-3-1-2-7(6-14)10(9)16-12/h1-5H,(H,15,16). The lowest BCUT2D eigenvalue weighted by molar-refractivity contribution is 0.570. The summed E-state index contributed by atoms with van der Waals surface area (Å²) in [5.41, 5.74) is 2.66. The number of hydrogen-bond donors (Lipinski definition) is 1. The van der Waals surface area contributed by atoms with E-state index in [0.717, 1.165) is 5.52 Å². The van der Waals surface area contributed by atoms with Gasteiger partial charge in [0.1, 0.15) is 17.4 Å². The fraction of sp³-hybridized carbons (Fsp3) is 0. The van der Waals surface area contributed by atoms with Crippen molar-refractivity contribution >= 4 is 22.6 Å². The number of para-hydroxylation sites is 1. The van der Waals surface area contributed by atoms with E-state index < -0.39 is 0 Å². The van der Waals surface area contributed by atoms with Gasteiger partial charge >= 0.3 is 0 Å². The number of nitrogens with one attached hydrogen (secondary N) is 1. The van der Waals surface area contributed by atoms with Crippen LogP contribution in [0.5, 0.6) is 0 Å². The molecule has 1 aromatic carbocycles. The van der Waals surface area contributed by atoms with Gasteiger partial charge < -0.3 is 9.40 Å². The topological polar surface area (TPSA) is 65.6 Å². The highest BCUT2D eigenvalue weighted by molar-refractivity contribution is 6.31. The summed E-state index contributed by atoms with van der Waals surface area (Å²) in [5, 5.41) is 9.26. The number of aromatic amines is 1. The van der Waals surface area contributed by atoms with Gasteiger partial charge in [-0.2, -0.15) is 5.26 Å². The second-order valence-electron chi connectivity index (χ2n) is 3.51. The molecule has 5 heteroatoms. The van der Waals surface area contributed by atoms with Crippen LogP contribution in [-0.2, 0) is 0 Å². The second-order valence-corrected chi connectivity index (χ2v) is 3.85. The van der Waals surface area contributed by atoms with Gasteiger partial charge in [-0.15, -0.1) is 0 Å². The Balaban J connectivity index is 2.28. The average molecular weight is 244 g/mol. The SMILES string of the molecule is N#Cc1cccc2[nH]c(-c3ccoc3Cl)nc12. The lowest BCUT2D eigenvalue weighted by Gasteiger charge is -1.88. The summed E-state index contributed by atoms with van der Waals surface area (Å²) in [4.78, 5) is 7.47. The zero-order valence-corrected chi connectivity index (χ0v) is 9.32. The Kier molecular flexibility index (Phi) is 2.13. The number of H-pyrrole nitrogens is 1. The minimum Gasteiger partial charge on any atom is -0.452 e. The first-order valence-corrected chi connectivity index (χ1v) is 5.29. The maximum Gasteiger partial charge on any atom is 0.203 e. The molecule has 82 valence electrons. The van der Waals surface area contributed by atoms with Crippen molar-refractivity contribution in [3.63, 3.8) is 0 Å². The maximum absolute atomic E-state index is 8.98. The van der Waals surface area contributed by atoms with E-state index in [4.69, 9.17) is 21.3 Å². The van der Waals surface area contributed by atoms with E-state index in [1.165, 1.54) is 6.26 Å². The molecule has 0 fully saturated rings. The Hall–Kier alpha value is -2.25. The van der Waals surface area contributed by atoms with Crippen LogP contribution in [0.3, 0.4) is 0 Å². The minimum absolute atomic E-state index is 0.280. The number of fused-ring (bicyclic) bond motifs is 1. The number of imidazole rings is 1. The van der Waals surface area contributed by atoms with Crippen LogP contribution in [0.4, 0.5) is 0 Å². The molecule has 0 aliphatic carbocycles. The molecule has 0 saturated carbocycles. The van der Waals surface area contributed by atoms with E-state index in [9.17, 15) is 0 Å². The van der Waals surface area contributed by atoms with E-state index in [1.54, 1.807) is 18.2 Å². The minimum atomic E-state index is 0.280. The molecule has 3 aromatic rings. The highest BCUT2D eigenvalue weighted by atomic mass is 35.5. The monoisotopic (exact) mass is 243 g/mol. The number of nitriles is 1. The van der Waals surface area contributed by atoms with Gasteiger partial charge in [0, 0.05) is 0 Å². The normalized spacial score (nSPS) is 10.6. The van der Waals surface area contributed by atoms with Gasteiger partial charge in [-0.3, -0.25) is 0 Å². The predicted molar refractivity (Wildman–Crippen MR) is 63.5 cm³/mol. The molecule has 1 N–H and O–H groups in total. The van der Waals surface area contributed by atoms with Crippen LogP contribution in [-0.4, -0.2) is 9.97 Å². The van der Waals surface area contributed by atoms with Crippen LogP contribution in [0.1, 0.15) is 5.56 Å². The average Bonchev–Trinajstić information content (AvgIpc) is 2.93. The summed E-state index contributed by atoms with van der Waals surface area (Å²) in [5.74, 6) is 0.599. The summed E-state index contributed by atoms with van der Waals surface area (Å²) >= 11 is 5.88. The third-order valence-corrected chi connectivity index (χ3v) is 2.80. The number of hydrogen-bond acceptors (Lipinski definition) is 3. The molecule has 0 amide bonds. The van der Waals surface area contributed by atoms with Crippen molar-refractivity contribution in [1.29, 1.82) is 5.26 Å². The van der Waals surface area contributed by atoms with Crippen molar-refractivity contribution in [2.45, 2.75) is 0 Å². The van der Waals surface area contributed by atoms with Crippen molar-refractivity contribution in [3.8, 4) is 17.5 Å². The van der Waals surface area contributed by atoms with Gasteiger partial charge in [-0.05, 0) is 29.8 Å². The van der Waals surface area contributed by atoms with E-state index in [1.807, 2.05) is 6.07 Å². The fourth-order valence-corrected chi connectivity index (χ4v) is 1.92. The van der Waals surface area contributed by atoms with Gasteiger partial charge in [-0.25, -0.2) is 4.98 Å². The van der Waals surface area contributed by atoms with Crippen LogP contribution in [0, 0.1) is 11.3 Å². The molecule has 0 radical (unpaired) electrons. The summed E-state index contributed by atoms with van der Waals surface area (Å²) < 4.78 is 5.01. The van der Waals surface area contributed by atoms with Gasteiger partial charge in [0.2, 0.25) is 5.22 Å². The first kappa shape index (κ1) is 9.94. The fourth-order valence-electron chi connectivity index (χ4n) is 1.71. The van der Waals surface area contributed by atoms with Crippen LogP contribution in [0.25, 0.3) is 22.4 Å². The molecule has 2 aromatic heterocycles. The third kappa shape index (κ3) is 1.49. The Morgan fingerprint density at radius 3 is 2.94 bits per heavy atom. The lowest BCUT2D eigenvalue weighted by atomic mass is 10.2. The first-order valence-electron chi connectivity index (χ1n) is 4.92. The number of furan rings is 1. The van der Waals surface area contributed by atoms with Crippen molar-refractivity contribution in [2.24, 2.45) is 0 Å². The molecule has 4 nitrogen and oxygen atoms in total. The number of nitrogens with zero attached hydrogens (tertiary/aromatic N) is 2. The molecule has 0 unspecified atom stereocenters. The molecule has 0 bridgehead atoms. The van der Waals surface area contributed by atoms with Gasteiger partial charge in [-0.1, -0.05) is 6.07 Å². The number of aromatic nitrogens is 2. The molecular formula is C12H6ClN3O. The molecular weight excluding hydrogens is 238 g/mol. The van der Waals surface area contributed by atoms with Gasteiger partial charge in [0.15, 0.2) is 0 Å². The molecule has 3 rings (SSSR count). The summed E-state index contributed by atoms with van der Waals surface area (Å²) in [6.45, 7) is 0. The zero-order chi connectivity index (χ0) is 11.8. The van der Waals surface area contributed by atoms with Crippen molar-refractivity contribution < 1.29 is 4.42 Å². The molecule has 0 saturated heterocycles. The number of rotatable bonds is 1. The molecule has 17 heavy (non-hydrogen) atoms. The Labute approximate surface area is 101 Å². The van der Waals surface area contributed by atoms with Gasteiger partial charge in [0.25, 0.3) is 0 Å². The second kappa shape index (κ2) is 3.65. The van der Waals surface area contributed by atoms with Crippen LogP contribution < -0.4 is 0 Å². The third-order valence-electron chi connectivity index (χ3n) is 2.51. The molecule has 0 aliphatic heterocycles. The highest BCUT2D eigenvalue weighted by Crippen LogP contribution is 2.28. The number of benzene rings is 1. The molecule has 0 atom stereocenters.